The Kier molecular flexibility index (Phi) is 4.25. The Labute approximate surface area is 117 Å². The van der Waals surface area contributed by atoms with Crippen LogP contribution in [0.25, 0.3) is 10.1 Å². The molecule has 2 rings (SSSR count). The van der Waals surface area contributed by atoms with E-state index in [4.69, 9.17) is 0 Å². The lowest BCUT2D eigenvalue weighted by atomic mass is 10.2. The lowest BCUT2D eigenvalue weighted by Gasteiger charge is -2.09. The van der Waals surface area contributed by atoms with Crippen molar-refractivity contribution in [2.24, 2.45) is 0 Å². The van der Waals surface area contributed by atoms with Gasteiger partial charge in [-0.15, -0.1) is 11.3 Å². The fourth-order valence-corrected chi connectivity index (χ4v) is 4.49. The highest BCUT2D eigenvalue weighted by Crippen LogP contribution is 2.34. The van der Waals surface area contributed by atoms with E-state index in [2.05, 4.69) is 10.0 Å². The summed E-state index contributed by atoms with van der Waals surface area (Å²) in [6, 6.07) is 7.91. The number of benzene rings is 1. The lowest BCUT2D eigenvalue weighted by Crippen LogP contribution is -2.24. The van der Waals surface area contributed by atoms with Gasteiger partial charge in [0.2, 0.25) is 10.0 Å². The van der Waals surface area contributed by atoms with Crippen LogP contribution in [0.3, 0.4) is 0 Å². The zero-order valence-corrected chi connectivity index (χ0v) is 12.9. The minimum atomic E-state index is -3.44. The summed E-state index contributed by atoms with van der Waals surface area (Å²) in [5, 5.41) is 4.07. The molecule has 0 unspecified atom stereocenters. The zero-order chi connectivity index (χ0) is 14.0. The van der Waals surface area contributed by atoms with Crippen LogP contribution in [-0.2, 0) is 16.6 Å². The van der Waals surface area contributed by atoms with Gasteiger partial charge in [-0.25, -0.2) is 13.1 Å². The fourth-order valence-electron chi connectivity index (χ4n) is 1.88. The van der Waals surface area contributed by atoms with Crippen LogP contribution in [0.2, 0.25) is 0 Å². The Morgan fingerprint density at radius 2 is 1.95 bits per heavy atom. The predicted octanol–water partition coefficient (Wildman–Crippen LogP) is 2.31. The van der Waals surface area contributed by atoms with Gasteiger partial charge >= 0.3 is 0 Å². The Bertz CT molecular complexity index is 675. The first-order valence-electron chi connectivity index (χ1n) is 6.13. The van der Waals surface area contributed by atoms with Gasteiger partial charge in [0.15, 0.2) is 0 Å². The average molecular weight is 298 g/mol. The van der Waals surface area contributed by atoms with Crippen molar-refractivity contribution in [3.05, 3.63) is 29.1 Å². The number of sulfonamides is 1. The summed E-state index contributed by atoms with van der Waals surface area (Å²) in [5.41, 5.74) is 0. The van der Waals surface area contributed by atoms with Crippen molar-refractivity contribution in [1.29, 1.82) is 0 Å². The van der Waals surface area contributed by atoms with E-state index in [1.54, 1.807) is 0 Å². The van der Waals surface area contributed by atoms with E-state index in [0.717, 1.165) is 15.0 Å². The van der Waals surface area contributed by atoms with E-state index in [9.17, 15) is 8.42 Å². The molecule has 19 heavy (non-hydrogen) atoms. The molecule has 0 saturated carbocycles. The van der Waals surface area contributed by atoms with Crippen molar-refractivity contribution in [3.63, 3.8) is 0 Å². The van der Waals surface area contributed by atoms with E-state index in [-0.39, 0.29) is 0 Å². The standard InChI is InChI=1S/C13H18N2O2S2/c1-9(2)15-8-12-13(19(16,17)14-3)10-6-4-5-7-11(10)18-12/h4-7,9,14-15H,8H2,1-3H3. The SMILES string of the molecule is CNS(=O)(=O)c1c(CNC(C)C)sc2ccccc12. The van der Waals surface area contributed by atoms with Crippen LogP contribution in [0.1, 0.15) is 18.7 Å². The van der Waals surface area contributed by atoms with Gasteiger partial charge in [-0.2, -0.15) is 0 Å². The second-order valence-corrected chi connectivity index (χ2v) is 7.55. The number of fused-ring (bicyclic) bond motifs is 1. The average Bonchev–Trinajstić information content (AvgIpc) is 2.75. The second kappa shape index (κ2) is 5.58. The maximum Gasteiger partial charge on any atom is 0.242 e. The largest absolute Gasteiger partial charge is 0.310 e. The van der Waals surface area contributed by atoms with Crippen molar-refractivity contribution in [1.82, 2.24) is 10.0 Å². The van der Waals surface area contributed by atoms with Crippen LogP contribution in [0, 0.1) is 0 Å². The van der Waals surface area contributed by atoms with Crippen molar-refractivity contribution in [2.75, 3.05) is 7.05 Å². The highest BCUT2D eigenvalue weighted by atomic mass is 32.2. The molecular weight excluding hydrogens is 280 g/mol. The molecule has 0 aliphatic rings. The van der Waals surface area contributed by atoms with E-state index < -0.39 is 10.0 Å². The molecule has 1 heterocycles. The molecule has 2 aromatic rings. The fraction of sp³-hybridized carbons (Fsp3) is 0.385. The van der Waals surface area contributed by atoms with E-state index in [1.165, 1.54) is 18.4 Å². The molecule has 0 fully saturated rings. The first kappa shape index (κ1) is 14.5. The topological polar surface area (TPSA) is 58.2 Å². The van der Waals surface area contributed by atoms with Gasteiger partial charge in [0.1, 0.15) is 4.90 Å². The van der Waals surface area contributed by atoms with Gasteiger partial charge in [0, 0.05) is 27.5 Å². The number of thiophene rings is 1. The number of rotatable bonds is 5. The minimum Gasteiger partial charge on any atom is -0.310 e. The normalized spacial score (nSPS) is 12.4. The van der Waals surface area contributed by atoms with Crippen LogP contribution >= 0.6 is 11.3 Å². The van der Waals surface area contributed by atoms with Gasteiger partial charge in [-0.05, 0) is 13.1 Å². The summed E-state index contributed by atoms with van der Waals surface area (Å²) in [4.78, 5) is 1.26. The smallest absolute Gasteiger partial charge is 0.242 e. The van der Waals surface area contributed by atoms with Crippen molar-refractivity contribution < 1.29 is 8.42 Å². The second-order valence-electron chi connectivity index (χ2n) is 4.59. The third-order valence-electron chi connectivity index (χ3n) is 2.83. The van der Waals surface area contributed by atoms with Gasteiger partial charge in [0.25, 0.3) is 0 Å². The molecule has 104 valence electrons. The highest BCUT2D eigenvalue weighted by molar-refractivity contribution is 7.90. The maximum absolute atomic E-state index is 12.2. The van der Waals surface area contributed by atoms with Crippen molar-refractivity contribution in [3.8, 4) is 0 Å². The number of hydrogen-bond acceptors (Lipinski definition) is 4. The summed E-state index contributed by atoms with van der Waals surface area (Å²) in [6.07, 6.45) is 0. The maximum atomic E-state index is 12.2. The molecule has 2 N–H and O–H groups in total. The molecule has 0 saturated heterocycles. The van der Waals surface area contributed by atoms with Gasteiger partial charge in [0.05, 0.1) is 0 Å². The Morgan fingerprint density at radius 3 is 2.58 bits per heavy atom. The monoisotopic (exact) mass is 298 g/mol. The Hall–Kier alpha value is -0.950. The molecule has 6 heteroatoms. The molecular formula is C13H18N2O2S2. The summed E-state index contributed by atoms with van der Waals surface area (Å²) in [6.45, 7) is 4.65. The van der Waals surface area contributed by atoms with Crippen LogP contribution in [0.5, 0.6) is 0 Å². The van der Waals surface area contributed by atoms with E-state index in [0.29, 0.717) is 17.5 Å². The Balaban J connectivity index is 2.59. The lowest BCUT2D eigenvalue weighted by molar-refractivity contribution is 0.577. The van der Waals surface area contributed by atoms with Crippen LogP contribution in [0.15, 0.2) is 29.2 Å². The molecule has 1 aromatic heterocycles. The highest BCUT2D eigenvalue weighted by Gasteiger charge is 2.22. The molecule has 0 atom stereocenters. The predicted molar refractivity (Wildman–Crippen MR) is 80.0 cm³/mol. The molecule has 0 amide bonds. The molecule has 0 radical (unpaired) electrons. The third-order valence-corrected chi connectivity index (χ3v) is 5.67. The summed E-state index contributed by atoms with van der Waals surface area (Å²) < 4.78 is 27.8. The molecule has 1 aromatic carbocycles. The van der Waals surface area contributed by atoms with Gasteiger partial charge in [-0.1, -0.05) is 32.0 Å². The quantitative estimate of drug-likeness (QED) is 0.890. The zero-order valence-electron chi connectivity index (χ0n) is 11.2. The number of nitrogens with one attached hydrogen (secondary N) is 2. The van der Waals surface area contributed by atoms with Crippen LogP contribution < -0.4 is 10.0 Å². The minimum absolute atomic E-state index is 0.315. The van der Waals surface area contributed by atoms with Crippen LogP contribution in [0.4, 0.5) is 0 Å². The number of hydrogen-bond donors (Lipinski definition) is 2. The molecule has 0 spiro atoms. The molecule has 4 nitrogen and oxygen atoms in total. The van der Waals surface area contributed by atoms with Gasteiger partial charge < -0.3 is 5.32 Å². The van der Waals surface area contributed by atoms with Crippen LogP contribution in [-0.4, -0.2) is 21.5 Å². The molecule has 0 aliphatic carbocycles. The van der Waals surface area contributed by atoms with E-state index >= 15 is 0 Å². The molecule has 0 bridgehead atoms. The summed E-state index contributed by atoms with van der Waals surface area (Å²) in [5.74, 6) is 0. The van der Waals surface area contributed by atoms with Crippen molar-refractivity contribution >= 4 is 31.4 Å². The first-order valence-corrected chi connectivity index (χ1v) is 8.43. The summed E-state index contributed by atoms with van der Waals surface area (Å²) >= 11 is 1.53. The first-order chi connectivity index (χ1) is 8.95. The van der Waals surface area contributed by atoms with E-state index in [1.807, 2.05) is 38.1 Å². The van der Waals surface area contributed by atoms with Crippen molar-refractivity contribution in [2.45, 2.75) is 31.3 Å². The Morgan fingerprint density at radius 1 is 1.26 bits per heavy atom. The molecule has 0 aliphatic heterocycles. The van der Waals surface area contributed by atoms with Gasteiger partial charge in [-0.3, -0.25) is 0 Å². The third kappa shape index (κ3) is 2.97. The summed E-state index contributed by atoms with van der Waals surface area (Å²) in [7, 11) is -1.99.